The fraction of sp³-hybridized carbons (Fsp3) is 0.261. The molecule has 5 nitrogen and oxygen atoms in total. The average molecular weight is 407 g/mol. The van der Waals surface area contributed by atoms with Crippen molar-refractivity contribution in [3.8, 4) is 0 Å². The molecule has 2 unspecified atom stereocenters. The van der Waals surface area contributed by atoms with Gasteiger partial charge in [-0.25, -0.2) is 0 Å². The molecule has 0 spiro atoms. The molecule has 2 N–H and O–H groups in total. The number of hydrogen-bond acceptors (Lipinski definition) is 5. The maximum Gasteiger partial charge on any atom is 0.273 e. The molecule has 0 aromatic heterocycles. The number of aliphatic hydroxyl groups is 2. The van der Waals surface area contributed by atoms with Gasteiger partial charge >= 0.3 is 0 Å². The molecule has 2 aromatic carbocycles. The number of aliphatic hydroxyl groups excluding tert-OH is 2. The van der Waals surface area contributed by atoms with E-state index in [9.17, 15) is 15.0 Å². The topological polar surface area (TPSA) is 64.0 Å². The van der Waals surface area contributed by atoms with Crippen LogP contribution in [0.1, 0.15) is 22.6 Å². The van der Waals surface area contributed by atoms with Crippen LogP contribution in [-0.2, 0) is 10.5 Å². The highest BCUT2D eigenvalue weighted by Gasteiger charge is 2.44. The second-order valence-electron chi connectivity index (χ2n) is 7.68. The summed E-state index contributed by atoms with van der Waals surface area (Å²) in [5, 5.41) is 20.6. The summed E-state index contributed by atoms with van der Waals surface area (Å²) in [6.07, 6.45) is 2.13. The fourth-order valence-corrected chi connectivity index (χ4v) is 5.69. The highest BCUT2D eigenvalue weighted by molar-refractivity contribution is 7.98. The minimum atomic E-state index is -1.15. The minimum Gasteiger partial charge on any atom is -0.507 e. The summed E-state index contributed by atoms with van der Waals surface area (Å²) >= 11 is 1.83. The average Bonchev–Trinajstić information content (AvgIpc) is 2.90. The van der Waals surface area contributed by atoms with Crippen LogP contribution in [0.5, 0.6) is 0 Å². The number of thioether (sulfide) groups is 1. The summed E-state index contributed by atoms with van der Waals surface area (Å²) in [5.74, 6) is 0.370. The molecule has 3 heterocycles. The number of hydrogen-bond donors (Lipinski definition) is 2. The van der Waals surface area contributed by atoms with Crippen molar-refractivity contribution in [1.29, 1.82) is 0 Å². The van der Waals surface area contributed by atoms with Crippen LogP contribution in [0.15, 0.2) is 77.2 Å². The van der Waals surface area contributed by atoms with Gasteiger partial charge in [0.2, 0.25) is 0 Å². The molecular weight excluding hydrogens is 384 g/mol. The standard InChI is InChI=1S/C23H22N2O3S/c1-24-12-17(25-11-10-18(26)22(27)21(25)23(24)28)20-15-7-3-2-6-14(15)13-29-19-9-5-4-8-16(19)20/h2-11,17-18,20,26-27H,12-13H2,1H3/t17-,18?,20?/m1/s1. The minimum absolute atomic E-state index is 0.0237. The Morgan fingerprint density at radius 1 is 1.07 bits per heavy atom. The van der Waals surface area contributed by atoms with Gasteiger partial charge in [0.1, 0.15) is 11.8 Å². The number of carbonyl (C=O) groups is 1. The SMILES string of the molecule is CN1C[C@H](C2c3ccccc3CSc3ccccc32)N2C=CC(O)C(O)=C2C1=O. The summed E-state index contributed by atoms with van der Waals surface area (Å²) in [4.78, 5) is 17.6. The molecule has 148 valence electrons. The van der Waals surface area contributed by atoms with E-state index < -0.39 is 6.10 Å². The van der Waals surface area contributed by atoms with E-state index in [1.165, 1.54) is 27.7 Å². The molecular formula is C23H22N2O3S. The molecule has 0 aliphatic carbocycles. The normalized spacial score (nSPS) is 26.0. The number of nitrogens with zero attached hydrogens (tertiary/aromatic N) is 2. The summed E-state index contributed by atoms with van der Waals surface area (Å²) in [6.45, 7) is 0.522. The van der Waals surface area contributed by atoms with Gasteiger partial charge in [-0.3, -0.25) is 4.79 Å². The molecule has 29 heavy (non-hydrogen) atoms. The molecule has 0 saturated carbocycles. The largest absolute Gasteiger partial charge is 0.507 e. The lowest BCUT2D eigenvalue weighted by Crippen LogP contribution is -2.55. The predicted octanol–water partition coefficient (Wildman–Crippen LogP) is 3.22. The lowest BCUT2D eigenvalue weighted by Gasteiger charge is -2.46. The third-order valence-electron chi connectivity index (χ3n) is 5.99. The van der Waals surface area contributed by atoms with E-state index in [2.05, 4.69) is 48.5 Å². The summed E-state index contributed by atoms with van der Waals surface area (Å²) in [6, 6.07) is 16.8. The van der Waals surface area contributed by atoms with E-state index >= 15 is 0 Å². The van der Waals surface area contributed by atoms with Gasteiger partial charge in [0.05, 0.1) is 6.04 Å². The maximum atomic E-state index is 12.8. The van der Waals surface area contributed by atoms with Crippen LogP contribution in [0, 0.1) is 0 Å². The second-order valence-corrected chi connectivity index (χ2v) is 8.70. The predicted molar refractivity (Wildman–Crippen MR) is 112 cm³/mol. The van der Waals surface area contributed by atoms with Gasteiger partial charge in [-0.05, 0) is 28.8 Å². The van der Waals surface area contributed by atoms with Gasteiger partial charge < -0.3 is 20.0 Å². The molecule has 0 radical (unpaired) electrons. The Labute approximate surface area is 173 Å². The number of benzene rings is 2. The third kappa shape index (κ3) is 2.86. The Kier molecular flexibility index (Phi) is 4.41. The van der Waals surface area contributed by atoms with Gasteiger partial charge in [-0.15, -0.1) is 11.8 Å². The highest BCUT2D eigenvalue weighted by Crippen LogP contribution is 2.45. The lowest BCUT2D eigenvalue weighted by atomic mass is 9.80. The van der Waals surface area contributed by atoms with E-state index in [0.717, 1.165) is 5.75 Å². The summed E-state index contributed by atoms with van der Waals surface area (Å²) in [7, 11) is 1.75. The van der Waals surface area contributed by atoms with E-state index in [1.807, 2.05) is 16.7 Å². The fourth-order valence-electron chi connectivity index (χ4n) is 4.58. The van der Waals surface area contributed by atoms with Crippen molar-refractivity contribution in [3.05, 3.63) is 89.0 Å². The smallest absolute Gasteiger partial charge is 0.273 e. The quantitative estimate of drug-likeness (QED) is 0.761. The Hall–Kier alpha value is -2.70. The van der Waals surface area contributed by atoms with Crippen molar-refractivity contribution < 1.29 is 15.0 Å². The number of fused-ring (bicyclic) bond motifs is 3. The highest BCUT2D eigenvalue weighted by atomic mass is 32.2. The molecule has 1 amide bonds. The van der Waals surface area contributed by atoms with Gasteiger partial charge in [0, 0.05) is 36.4 Å². The molecule has 2 aromatic rings. The van der Waals surface area contributed by atoms with Crippen molar-refractivity contribution in [3.63, 3.8) is 0 Å². The lowest BCUT2D eigenvalue weighted by molar-refractivity contribution is -0.131. The molecule has 3 aliphatic heterocycles. The number of carbonyl (C=O) groups excluding carboxylic acids is 1. The van der Waals surface area contributed by atoms with E-state index in [1.54, 1.807) is 18.1 Å². The monoisotopic (exact) mass is 406 g/mol. The zero-order chi connectivity index (χ0) is 20.1. The first kappa shape index (κ1) is 18.3. The zero-order valence-electron chi connectivity index (χ0n) is 16.0. The molecule has 0 bridgehead atoms. The van der Waals surface area contributed by atoms with Gasteiger partial charge in [0.15, 0.2) is 5.76 Å². The third-order valence-corrected chi connectivity index (χ3v) is 7.13. The summed E-state index contributed by atoms with van der Waals surface area (Å²) in [5.41, 5.74) is 3.93. The van der Waals surface area contributed by atoms with Crippen molar-refractivity contribution in [2.24, 2.45) is 0 Å². The number of rotatable bonds is 1. The number of likely N-dealkylation sites (N-methyl/N-ethyl adjacent to an activating group) is 1. The number of amides is 1. The van der Waals surface area contributed by atoms with Crippen LogP contribution in [0.25, 0.3) is 0 Å². The first-order valence-corrected chi connectivity index (χ1v) is 10.7. The maximum absolute atomic E-state index is 12.8. The van der Waals surface area contributed by atoms with Crippen LogP contribution in [0.3, 0.4) is 0 Å². The van der Waals surface area contributed by atoms with Crippen LogP contribution in [0.2, 0.25) is 0 Å². The van der Waals surface area contributed by atoms with E-state index in [4.69, 9.17) is 0 Å². The van der Waals surface area contributed by atoms with Crippen LogP contribution >= 0.6 is 11.8 Å². The van der Waals surface area contributed by atoms with E-state index in [0.29, 0.717) is 6.54 Å². The Morgan fingerprint density at radius 3 is 2.62 bits per heavy atom. The molecule has 5 rings (SSSR count). The van der Waals surface area contributed by atoms with Crippen LogP contribution in [0.4, 0.5) is 0 Å². The molecule has 1 saturated heterocycles. The van der Waals surface area contributed by atoms with E-state index in [-0.39, 0.29) is 29.3 Å². The van der Waals surface area contributed by atoms with Gasteiger partial charge in [-0.1, -0.05) is 42.5 Å². The molecule has 3 aliphatic rings. The van der Waals surface area contributed by atoms with Crippen LogP contribution in [-0.4, -0.2) is 51.7 Å². The van der Waals surface area contributed by atoms with Gasteiger partial charge in [0.25, 0.3) is 5.91 Å². The Balaban J connectivity index is 1.71. The van der Waals surface area contributed by atoms with Gasteiger partial charge in [-0.2, -0.15) is 0 Å². The number of piperazine rings is 1. The zero-order valence-corrected chi connectivity index (χ0v) is 16.8. The molecule has 3 atom stereocenters. The van der Waals surface area contributed by atoms with Crippen molar-refractivity contribution >= 4 is 17.7 Å². The first-order chi connectivity index (χ1) is 14.1. The Morgan fingerprint density at radius 2 is 1.79 bits per heavy atom. The Bertz CT molecular complexity index is 1000. The van der Waals surface area contributed by atoms with Crippen molar-refractivity contribution in [2.45, 2.75) is 28.7 Å². The first-order valence-electron chi connectivity index (χ1n) is 9.69. The summed E-state index contributed by atoms with van der Waals surface area (Å²) < 4.78 is 0. The van der Waals surface area contributed by atoms with Crippen LogP contribution < -0.4 is 0 Å². The second kappa shape index (κ2) is 6.97. The van der Waals surface area contributed by atoms with Crippen molar-refractivity contribution in [1.82, 2.24) is 9.80 Å². The molecule has 1 fully saturated rings. The molecule has 6 heteroatoms. The van der Waals surface area contributed by atoms with Crippen molar-refractivity contribution in [2.75, 3.05) is 13.6 Å².